The maximum Gasteiger partial charge on any atom is 0.155 e. The summed E-state index contributed by atoms with van der Waals surface area (Å²) in [5, 5.41) is 10.8. The molecule has 3 aromatic rings. The van der Waals surface area contributed by atoms with E-state index in [4.69, 9.17) is 5.11 Å². The van der Waals surface area contributed by atoms with E-state index >= 15 is 0 Å². The van der Waals surface area contributed by atoms with Crippen LogP contribution in [0.15, 0.2) is 66.4 Å². The van der Waals surface area contributed by atoms with Crippen molar-refractivity contribution in [1.29, 1.82) is 0 Å². The third-order valence-corrected chi connectivity index (χ3v) is 3.38. The number of aliphatic hydroxyl groups is 1. The molecule has 0 fully saturated rings. The molecule has 0 aliphatic heterocycles. The van der Waals surface area contributed by atoms with Gasteiger partial charge in [-0.25, -0.2) is 5.56 Å². The summed E-state index contributed by atoms with van der Waals surface area (Å²) in [7, 11) is 0. The predicted molar refractivity (Wildman–Crippen MR) is 98.9 cm³/mol. The number of aliphatic hydroxyl groups excluding tert-OH is 1. The molecule has 0 amide bonds. The van der Waals surface area contributed by atoms with E-state index < -0.39 is 0 Å². The second kappa shape index (κ2) is 9.93. The molecule has 0 aliphatic carbocycles. The molecule has 0 bridgehead atoms. The number of benzene rings is 3. The van der Waals surface area contributed by atoms with Crippen LogP contribution in [0.2, 0.25) is 0 Å². The summed E-state index contributed by atoms with van der Waals surface area (Å²) in [6, 6.07) is 25.3. The summed E-state index contributed by atoms with van der Waals surface area (Å²) >= 11 is 0. The number of aryl methyl sites for hydroxylation is 1. The maximum atomic E-state index is 10.0. The van der Waals surface area contributed by atoms with Gasteiger partial charge in [0.25, 0.3) is 0 Å². The minimum absolute atomic E-state index is 0. The first kappa shape index (κ1) is 20.8. The zero-order valence-electron chi connectivity index (χ0n) is 14.5. The normalized spacial score (nSPS) is 10.4. The summed E-state index contributed by atoms with van der Waals surface area (Å²) in [4.78, 5) is 10.0. The van der Waals surface area contributed by atoms with E-state index in [0.717, 1.165) is 16.5 Å². The molecule has 0 atom stereocenters. The smallest absolute Gasteiger partial charge is 0.155 e. The van der Waals surface area contributed by atoms with Gasteiger partial charge in [0.2, 0.25) is 0 Å². The van der Waals surface area contributed by atoms with Crippen molar-refractivity contribution in [2.75, 3.05) is 0 Å². The molecule has 1 N–H and O–H groups in total. The van der Waals surface area contributed by atoms with Crippen LogP contribution in [0.25, 0.3) is 21.9 Å². The predicted octanol–water partition coefficient (Wildman–Crippen LogP) is 5.45. The molecule has 0 aliphatic rings. The summed E-state index contributed by atoms with van der Waals surface area (Å²) in [6.07, 6.45) is 1.17. The topological polar surface area (TPSA) is 37.3 Å². The molecule has 2 nitrogen and oxygen atoms in total. The number of fused-ring (bicyclic) bond motifs is 1. The van der Waals surface area contributed by atoms with Gasteiger partial charge in [0.1, 0.15) is 0 Å². The van der Waals surface area contributed by atoms with Crippen molar-refractivity contribution in [2.45, 2.75) is 20.8 Å². The van der Waals surface area contributed by atoms with Gasteiger partial charge < -0.3 is 5.11 Å². The molecule has 0 saturated heterocycles. The third-order valence-electron chi connectivity index (χ3n) is 3.38. The van der Waals surface area contributed by atoms with Crippen molar-refractivity contribution in [3.8, 4) is 11.1 Å². The van der Waals surface area contributed by atoms with Crippen molar-refractivity contribution in [1.82, 2.24) is 0 Å². The van der Waals surface area contributed by atoms with Gasteiger partial charge in [0.05, 0.1) is 5.76 Å². The Bertz CT molecular complexity index is 864. The largest absolute Gasteiger partial charge is 0.512 e. The number of allylic oxidation sites excluding steroid dienone is 2. The zero-order chi connectivity index (χ0) is 17.5. The fourth-order valence-electron chi connectivity index (χ4n) is 2.40. The molecule has 0 heterocycles. The minimum Gasteiger partial charge on any atom is -0.512 e. The number of hydrogen-bond acceptors (Lipinski definition) is 2. The van der Waals surface area contributed by atoms with Crippen molar-refractivity contribution in [2.24, 2.45) is 0 Å². The standard InChI is InChI=1S/C17H12.C5H8O2.Ir/c1-13-11-15-9-5-6-10-16(15)12-17(13)14-7-3-2-4-8-14;1-4(6)3-5(2)7;/h2-7,9-11H,1H3;3,6H,1-2H3;/q-2;;. The van der Waals surface area contributed by atoms with Crippen molar-refractivity contribution in [3.05, 3.63) is 84.1 Å². The first-order valence-electron chi connectivity index (χ1n) is 7.74. The molecular formula is C22H20IrO2-2. The molecule has 0 saturated carbocycles. The summed E-state index contributed by atoms with van der Waals surface area (Å²) in [5.74, 6) is -0.0625. The van der Waals surface area contributed by atoms with Gasteiger partial charge in [0.15, 0.2) is 5.78 Å². The van der Waals surface area contributed by atoms with Crippen LogP contribution in [0.4, 0.5) is 0 Å². The fourth-order valence-corrected chi connectivity index (χ4v) is 2.40. The van der Waals surface area contributed by atoms with Crippen LogP contribution in [-0.4, -0.2) is 10.9 Å². The molecule has 1 radical (unpaired) electrons. The van der Waals surface area contributed by atoms with Crippen LogP contribution >= 0.6 is 0 Å². The van der Waals surface area contributed by atoms with Crippen LogP contribution in [0.5, 0.6) is 0 Å². The summed E-state index contributed by atoms with van der Waals surface area (Å²) < 4.78 is 0. The third kappa shape index (κ3) is 6.30. The minimum atomic E-state index is -0.125. The average Bonchev–Trinajstić information content (AvgIpc) is 2.54. The average molecular weight is 509 g/mol. The fraction of sp³-hybridized carbons (Fsp3) is 0.136. The molecule has 3 aromatic carbocycles. The van der Waals surface area contributed by atoms with E-state index in [-0.39, 0.29) is 31.6 Å². The molecule has 3 rings (SSSR count). The summed E-state index contributed by atoms with van der Waals surface area (Å²) in [6.45, 7) is 4.97. The van der Waals surface area contributed by atoms with Gasteiger partial charge in [-0.3, -0.25) is 4.79 Å². The molecule has 0 aromatic heterocycles. The van der Waals surface area contributed by atoms with Gasteiger partial charge in [0, 0.05) is 26.2 Å². The molecule has 131 valence electrons. The van der Waals surface area contributed by atoms with E-state index in [0.29, 0.717) is 0 Å². The van der Waals surface area contributed by atoms with E-state index in [9.17, 15) is 4.79 Å². The van der Waals surface area contributed by atoms with Crippen molar-refractivity contribution < 1.29 is 30.0 Å². The van der Waals surface area contributed by atoms with Crippen LogP contribution in [0.1, 0.15) is 19.4 Å². The summed E-state index contributed by atoms with van der Waals surface area (Å²) in [5.41, 5.74) is 3.49. The zero-order valence-corrected chi connectivity index (χ0v) is 16.9. The Labute approximate surface area is 162 Å². The molecular weight excluding hydrogens is 488 g/mol. The second-order valence-electron chi connectivity index (χ2n) is 5.59. The Morgan fingerprint density at radius 1 is 1.08 bits per heavy atom. The second-order valence-corrected chi connectivity index (χ2v) is 5.59. The van der Waals surface area contributed by atoms with E-state index in [2.05, 4.69) is 49.4 Å². The Kier molecular flexibility index (Phi) is 8.27. The Morgan fingerprint density at radius 2 is 1.76 bits per heavy atom. The first-order chi connectivity index (χ1) is 11.5. The van der Waals surface area contributed by atoms with Gasteiger partial charge in [-0.05, 0) is 13.8 Å². The first-order valence-corrected chi connectivity index (χ1v) is 7.74. The molecule has 3 heteroatoms. The van der Waals surface area contributed by atoms with Gasteiger partial charge in [-0.1, -0.05) is 30.5 Å². The van der Waals surface area contributed by atoms with Crippen LogP contribution in [0.3, 0.4) is 0 Å². The van der Waals surface area contributed by atoms with Gasteiger partial charge in [-0.15, -0.1) is 23.6 Å². The number of ketones is 1. The van der Waals surface area contributed by atoms with Gasteiger partial charge in [-0.2, -0.15) is 41.5 Å². The Morgan fingerprint density at radius 3 is 2.32 bits per heavy atom. The SMILES string of the molecule is CC(=O)C=C(C)O.Cc1cc2ccccc2[c-]c1-c1[c-]cccc1.[Ir]. The van der Waals surface area contributed by atoms with Crippen LogP contribution < -0.4 is 0 Å². The number of hydrogen-bond donors (Lipinski definition) is 1. The van der Waals surface area contributed by atoms with E-state index in [1.807, 2.05) is 24.3 Å². The molecule has 25 heavy (non-hydrogen) atoms. The van der Waals surface area contributed by atoms with Crippen LogP contribution in [-0.2, 0) is 24.9 Å². The quantitative estimate of drug-likeness (QED) is 0.284. The van der Waals surface area contributed by atoms with E-state index in [1.165, 1.54) is 30.9 Å². The Hall–Kier alpha value is -2.22. The van der Waals surface area contributed by atoms with Crippen molar-refractivity contribution in [3.63, 3.8) is 0 Å². The van der Waals surface area contributed by atoms with Gasteiger partial charge >= 0.3 is 0 Å². The molecule has 0 unspecified atom stereocenters. The Balaban J connectivity index is 0.000000339. The molecule has 0 spiro atoms. The number of carbonyl (C=O) groups is 1. The van der Waals surface area contributed by atoms with Crippen LogP contribution in [0, 0.1) is 19.1 Å². The number of carbonyl (C=O) groups excluding carboxylic acids is 1. The van der Waals surface area contributed by atoms with E-state index in [1.54, 1.807) is 0 Å². The number of rotatable bonds is 2. The van der Waals surface area contributed by atoms with Crippen molar-refractivity contribution >= 4 is 16.6 Å². The monoisotopic (exact) mass is 509 g/mol. The maximum absolute atomic E-state index is 10.0.